The highest BCUT2D eigenvalue weighted by molar-refractivity contribution is 5.95. The van der Waals surface area contributed by atoms with Gasteiger partial charge in [0.1, 0.15) is 0 Å². The van der Waals surface area contributed by atoms with Gasteiger partial charge in [-0.3, -0.25) is 0 Å². The first-order valence-electron chi connectivity index (χ1n) is 7.07. The van der Waals surface area contributed by atoms with Gasteiger partial charge in [-0.2, -0.15) is 0 Å². The van der Waals surface area contributed by atoms with E-state index in [9.17, 15) is 0 Å². The van der Waals surface area contributed by atoms with Gasteiger partial charge < -0.3 is 10.6 Å². The molecule has 19 heavy (non-hydrogen) atoms. The molecule has 0 bridgehead atoms. The third kappa shape index (κ3) is 2.13. The van der Waals surface area contributed by atoms with Crippen LogP contribution < -0.4 is 10.6 Å². The molecule has 0 aliphatic heterocycles. The van der Waals surface area contributed by atoms with Gasteiger partial charge in [-0.05, 0) is 60.0 Å². The average molecular weight is 258 g/mol. The largest absolute Gasteiger partial charge is 0.397 e. The van der Waals surface area contributed by atoms with Crippen LogP contribution in [0, 0.1) is 11.8 Å². The number of anilines is 2. The molecule has 2 saturated carbocycles. The van der Waals surface area contributed by atoms with Gasteiger partial charge in [0, 0.05) is 13.1 Å². The Labute approximate surface area is 111 Å². The minimum absolute atomic E-state index is 0.637. The minimum Gasteiger partial charge on any atom is -0.397 e. The second kappa shape index (κ2) is 4.11. The summed E-state index contributed by atoms with van der Waals surface area (Å²) >= 11 is 0. The maximum Gasteiger partial charge on any atom is 0.160 e. The van der Waals surface area contributed by atoms with Crippen molar-refractivity contribution in [1.82, 2.24) is 10.3 Å². The average Bonchev–Trinajstić information content (AvgIpc) is 3.32. The molecular weight excluding hydrogens is 240 g/mol. The first-order chi connectivity index (χ1) is 9.31. The summed E-state index contributed by atoms with van der Waals surface area (Å²) in [5, 5.41) is 7.96. The standard InChI is InChI=1S/C14H18N4O/c15-11-5-6-12(14-13(11)16-19-17-14)18(7-9-1-2-9)8-10-3-4-10/h5-6,9-10H,1-4,7-8,15H2. The molecule has 0 radical (unpaired) electrons. The molecule has 2 aromatic rings. The maximum atomic E-state index is 5.92. The molecule has 1 aromatic heterocycles. The molecule has 0 spiro atoms. The van der Waals surface area contributed by atoms with E-state index in [0.717, 1.165) is 36.1 Å². The van der Waals surface area contributed by atoms with Crippen LogP contribution in [0.5, 0.6) is 0 Å². The van der Waals surface area contributed by atoms with Crippen molar-refractivity contribution in [3.05, 3.63) is 12.1 Å². The van der Waals surface area contributed by atoms with Gasteiger partial charge in [0.05, 0.1) is 11.4 Å². The molecule has 0 atom stereocenters. The molecule has 2 N–H and O–H groups in total. The van der Waals surface area contributed by atoms with E-state index in [4.69, 9.17) is 10.4 Å². The number of hydrogen-bond acceptors (Lipinski definition) is 5. The fourth-order valence-electron chi connectivity index (χ4n) is 2.62. The lowest BCUT2D eigenvalue weighted by Gasteiger charge is -2.25. The second-order valence-electron chi connectivity index (χ2n) is 5.93. The Kier molecular flexibility index (Phi) is 2.40. The SMILES string of the molecule is Nc1ccc(N(CC2CC2)CC2CC2)c2nonc12. The molecule has 0 unspecified atom stereocenters. The van der Waals surface area contributed by atoms with Crippen LogP contribution in [-0.2, 0) is 0 Å². The highest BCUT2D eigenvalue weighted by Gasteiger charge is 2.30. The number of nitrogens with zero attached hydrogens (tertiary/aromatic N) is 3. The lowest BCUT2D eigenvalue weighted by atomic mass is 10.2. The fraction of sp³-hybridized carbons (Fsp3) is 0.571. The highest BCUT2D eigenvalue weighted by Crippen LogP contribution is 2.38. The summed E-state index contributed by atoms with van der Waals surface area (Å²) in [4.78, 5) is 2.46. The summed E-state index contributed by atoms with van der Waals surface area (Å²) in [6.07, 6.45) is 5.43. The smallest absolute Gasteiger partial charge is 0.160 e. The lowest BCUT2D eigenvalue weighted by molar-refractivity contribution is 0.315. The Morgan fingerprint density at radius 2 is 1.68 bits per heavy atom. The van der Waals surface area contributed by atoms with Crippen LogP contribution in [0.2, 0.25) is 0 Å². The van der Waals surface area contributed by atoms with E-state index in [1.54, 1.807) is 0 Å². The quantitative estimate of drug-likeness (QED) is 0.834. The molecule has 0 saturated heterocycles. The van der Waals surface area contributed by atoms with Gasteiger partial charge in [0.25, 0.3) is 0 Å². The number of fused-ring (bicyclic) bond motifs is 1. The second-order valence-corrected chi connectivity index (χ2v) is 5.93. The van der Waals surface area contributed by atoms with Crippen LogP contribution in [0.1, 0.15) is 25.7 Å². The van der Waals surface area contributed by atoms with E-state index in [-0.39, 0.29) is 0 Å². The molecule has 0 amide bonds. The van der Waals surface area contributed by atoms with Gasteiger partial charge >= 0.3 is 0 Å². The topological polar surface area (TPSA) is 68.2 Å². The third-order valence-corrected chi connectivity index (χ3v) is 4.12. The van der Waals surface area contributed by atoms with Crippen molar-refractivity contribution in [1.29, 1.82) is 0 Å². The van der Waals surface area contributed by atoms with Gasteiger partial charge in [0.2, 0.25) is 0 Å². The van der Waals surface area contributed by atoms with Crippen LogP contribution in [0.15, 0.2) is 16.8 Å². The minimum atomic E-state index is 0.637. The first-order valence-corrected chi connectivity index (χ1v) is 7.07. The van der Waals surface area contributed by atoms with E-state index < -0.39 is 0 Å². The molecule has 2 fully saturated rings. The van der Waals surface area contributed by atoms with Crippen LogP contribution in [0.3, 0.4) is 0 Å². The predicted molar refractivity (Wildman–Crippen MR) is 73.9 cm³/mol. The van der Waals surface area contributed by atoms with E-state index in [1.807, 2.05) is 6.07 Å². The molecule has 1 aromatic carbocycles. The van der Waals surface area contributed by atoms with Gasteiger partial charge in [-0.15, -0.1) is 0 Å². The van der Waals surface area contributed by atoms with Gasteiger partial charge in [-0.25, -0.2) is 4.63 Å². The van der Waals surface area contributed by atoms with E-state index in [1.165, 1.54) is 25.7 Å². The van der Waals surface area contributed by atoms with Crippen molar-refractivity contribution in [2.45, 2.75) is 25.7 Å². The van der Waals surface area contributed by atoms with Gasteiger partial charge in [0.15, 0.2) is 11.0 Å². The Balaban J connectivity index is 1.71. The summed E-state index contributed by atoms with van der Waals surface area (Å²) < 4.78 is 4.87. The summed E-state index contributed by atoms with van der Waals surface area (Å²) in [7, 11) is 0. The number of hydrogen-bond donors (Lipinski definition) is 1. The number of aromatic nitrogens is 2. The zero-order valence-electron chi connectivity index (χ0n) is 10.9. The van der Waals surface area contributed by atoms with Gasteiger partial charge in [-0.1, -0.05) is 0 Å². The molecule has 1 heterocycles. The normalized spacial score (nSPS) is 18.9. The van der Waals surface area contributed by atoms with Crippen molar-refractivity contribution in [3.8, 4) is 0 Å². The molecule has 4 rings (SSSR count). The zero-order valence-corrected chi connectivity index (χ0v) is 10.9. The molecule has 5 heteroatoms. The van der Waals surface area contributed by atoms with Crippen LogP contribution >= 0.6 is 0 Å². The summed E-state index contributed by atoms with van der Waals surface area (Å²) in [5.41, 5.74) is 9.18. The van der Waals surface area contributed by atoms with Crippen molar-refractivity contribution in [2.75, 3.05) is 23.7 Å². The number of benzene rings is 1. The highest BCUT2D eigenvalue weighted by atomic mass is 16.6. The van der Waals surface area contributed by atoms with Crippen LogP contribution in [-0.4, -0.2) is 23.4 Å². The van der Waals surface area contributed by atoms with E-state index in [2.05, 4.69) is 21.3 Å². The molecule has 100 valence electrons. The predicted octanol–water partition coefficient (Wildman–Crippen LogP) is 2.43. The Morgan fingerprint density at radius 1 is 1.05 bits per heavy atom. The molecule has 5 nitrogen and oxygen atoms in total. The van der Waals surface area contributed by atoms with E-state index in [0.29, 0.717) is 11.2 Å². The zero-order chi connectivity index (χ0) is 12.8. The lowest BCUT2D eigenvalue weighted by Crippen LogP contribution is -2.28. The first kappa shape index (κ1) is 11.1. The summed E-state index contributed by atoms with van der Waals surface area (Å²) in [6.45, 7) is 2.25. The number of nitrogens with two attached hydrogens (primary N) is 1. The summed E-state index contributed by atoms with van der Waals surface area (Å²) in [6, 6.07) is 3.97. The Hall–Kier alpha value is -1.78. The molecule has 2 aliphatic rings. The monoisotopic (exact) mass is 258 g/mol. The van der Waals surface area contributed by atoms with E-state index >= 15 is 0 Å². The van der Waals surface area contributed by atoms with Crippen molar-refractivity contribution in [3.63, 3.8) is 0 Å². The third-order valence-electron chi connectivity index (χ3n) is 4.12. The van der Waals surface area contributed by atoms with Crippen LogP contribution in [0.25, 0.3) is 11.0 Å². The fourth-order valence-corrected chi connectivity index (χ4v) is 2.62. The van der Waals surface area contributed by atoms with Crippen LogP contribution in [0.4, 0.5) is 11.4 Å². The van der Waals surface area contributed by atoms with Crippen molar-refractivity contribution < 1.29 is 4.63 Å². The van der Waals surface area contributed by atoms with Crippen molar-refractivity contribution >= 4 is 22.4 Å². The number of rotatable bonds is 5. The Morgan fingerprint density at radius 3 is 2.32 bits per heavy atom. The maximum absolute atomic E-state index is 5.92. The Bertz CT molecular complexity index is 587. The molecule has 2 aliphatic carbocycles. The molecular formula is C14H18N4O. The number of nitrogen functional groups attached to an aromatic ring is 1. The summed E-state index contributed by atoms with van der Waals surface area (Å²) in [5.74, 6) is 1.71. The van der Waals surface area contributed by atoms with Crippen molar-refractivity contribution in [2.24, 2.45) is 11.8 Å².